The van der Waals surface area contributed by atoms with E-state index in [-0.39, 0.29) is 25.4 Å². The van der Waals surface area contributed by atoms with Crippen LogP contribution in [0.1, 0.15) is 16.9 Å². The molecule has 4 amide bonds. The molecule has 1 aliphatic rings. The van der Waals surface area contributed by atoms with E-state index >= 15 is 0 Å². The molecule has 0 spiro atoms. The van der Waals surface area contributed by atoms with Crippen molar-refractivity contribution >= 4 is 34.9 Å². The molecule has 1 atom stereocenters. The van der Waals surface area contributed by atoms with Crippen LogP contribution in [0.25, 0.3) is 0 Å². The van der Waals surface area contributed by atoms with Gasteiger partial charge in [0.25, 0.3) is 5.91 Å². The van der Waals surface area contributed by atoms with Gasteiger partial charge in [-0.05, 0) is 42.5 Å². The topological polar surface area (TPSA) is 108 Å². The SMILES string of the molecule is Cc1cccc(NC(=O)N2CCCN(C(=O)Cc3cccs3)C2C(=O)NCCN)c1. The number of urea groups is 1. The van der Waals surface area contributed by atoms with Crippen LogP contribution in [0.4, 0.5) is 10.5 Å². The average molecular weight is 430 g/mol. The summed E-state index contributed by atoms with van der Waals surface area (Å²) in [6.45, 7) is 3.28. The number of rotatable bonds is 6. The summed E-state index contributed by atoms with van der Waals surface area (Å²) in [5, 5.41) is 7.48. The number of carbonyl (C=O) groups is 3. The van der Waals surface area contributed by atoms with Gasteiger partial charge in [0.2, 0.25) is 5.91 Å². The number of hydrogen-bond acceptors (Lipinski definition) is 5. The van der Waals surface area contributed by atoms with Crippen molar-refractivity contribution in [2.24, 2.45) is 5.73 Å². The minimum Gasteiger partial charge on any atom is -0.351 e. The van der Waals surface area contributed by atoms with Gasteiger partial charge < -0.3 is 21.3 Å². The third-order valence-corrected chi connectivity index (χ3v) is 5.70. The van der Waals surface area contributed by atoms with Crippen LogP contribution in [-0.4, -0.2) is 60.0 Å². The highest BCUT2D eigenvalue weighted by atomic mass is 32.1. The lowest BCUT2D eigenvalue weighted by Crippen LogP contribution is -2.64. The van der Waals surface area contributed by atoms with Gasteiger partial charge in [0, 0.05) is 36.7 Å². The van der Waals surface area contributed by atoms with Gasteiger partial charge >= 0.3 is 6.03 Å². The molecule has 2 aromatic rings. The fraction of sp³-hybridized carbons (Fsp3) is 0.381. The van der Waals surface area contributed by atoms with E-state index in [0.29, 0.717) is 25.2 Å². The van der Waals surface area contributed by atoms with Crippen molar-refractivity contribution in [2.75, 3.05) is 31.5 Å². The normalized spacial score (nSPS) is 16.3. The number of hydrogen-bond donors (Lipinski definition) is 3. The van der Waals surface area contributed by atoms with Crippen molar-refractivity contribution in [3.05, 3.63) is 52.2 Å². The largest absolute Gasteiger partial charge is 0.351 e. The second kappa shape index (κ2) is 10.2. The second-order valence-corrected chi connectivity index (χ2v) is 8.18. The van der Waals surface area contributed by atoms with Gasteiger partial charge in [0.05, 0.1) is 6.42 Å². The van der Waals surface area contributed by atoms with Gasteiger partial charge in [0.1, 0.15) is 0 Å². The molecule has 0 bridgehead atoms. The van der Waals surface area contributed by atoms with Crippen molar-refractivity contribution in [3.8, 4) is 0 Å². The van der Waals surface area contributed by atoms with Crippen LogP contribution in [0.15, 0.2) is 41.8 Å². The summed E-state index contributed by atoms with van der Waals surface area (Å²) in [7, 11) is 0. The monoisotopic (exact) mass is 429 g/mol. The summed E-state index contributed by atoms with van der Waals surface area (Å²) >= 11 is 1.49. The molecule has 1 aromatic heterocycles. The van der Waals surface area contributed by atoms with E-state index in [1.807, 2.05) is 42.6 Å². The number of amides is 4. The first-order valence-electron chi connectivity index (χ1n) is 9.93. The first-order valence-corrected chi connectivity index (χ1v) is 10.8. The van der Waals surface area contributed by atoms with Gasteiger partial charge in [0.15, 0.2) is 6.17 Å². The zero-order valence-corrected chi connectivity index (χ0v) is 17.8. The highest BCUT2D eigenvalue weighted by Gasteiger charge is 2.40. The van der Waals surface area contributed by atoms with E-state index in [0.717, 1.165) is 10.4 Å². The third kappa shape index (κ3) is 5.37. The lowest BCUT2D eigenvalue weighted by atomic mass is 10.1. The van der Waals surface area contributed by atoms with Crippen LogP contribution in [0, 0.1) is 6.92 Å². The summed E-state index contributed by atoms with van der Waals surface area (Å²) in [6, 6.07) is 10.8. The van der Waals surface area contributed by atoms with E-state index in [1.54, 1.807) is 6.07 Å². The van der Waals surface area contributed by atoms with Gasteiger partial charge in [-0.2, -0.15) is 0 Å². The molecular weight excluding hydrogens is 402 g/mol. The van der Waals surface area contributed by atoms with Crippen LogP contribution < -0.4 is 16.4 Å². The molecule has 1 saturated heterocycles. The van der Waals surface area contributed by atoms with Crippen molar-refractivity contribution in [3.63, 3.8) is 0 Å². The van der Waals surface area contributed by atoms with Gasteiger partial charge in [-0.3, -0.25) is 14.5 Å². The highest BCUT2D eigenvalue weighted by Crippen LogP contribution is 2.20. The Morgan fingerprint density at radius 1 is 1.17 bits per heavy atom. The van der Waals surface area contributed by atoms with Gasteiger partial charge in [-0.1, -0.05) is 18.2 Å². The zero-order chi connectivity index (χ0) is 21.5. The molecule has 160 valence electrons. The summed E-state index contributed by atoms with van der Waals surface area (Å²) in [5.41, 5.74) is 7.17. The second-order valence-electron chi connectivity index (χ2n) is 7.14. The molecule has 3 rings (SSSR count). The first-order chi connectivity index (χ1) is 14.5. The third-order valence-electron chi connectivity index (χ3n) is 4.82. The minimum atomic E-state index is -1.01. The molecule has 0 saturated carbocycles. The van der Waals surface area contributed by atoms with Gasteiger partial charge in [-0.25, -0.2) is 4.79 Å². The zero-order valence-electron chi connectivity index (χ0n) is 17.0. The molecular formula is C21H27N5O3S. The Hall–Kier alpha value is -2.91. The number of nitrogens with zero attached hydrogens (tertiary/aromatic N) is 2. The average Bonchev–Trinajstić information content (AvgIpc) is 3.24. The quantitative estimate of drug-likeness (QED) is 0.650. The molecule has 8 nitrogen and oxygen atoms in total. The Kier molecular flexibility index (Phi) is 7.42. The van der Waals surface area contributed by atoms with E-state index in [2.05, 4.69) is 10.6 Å². The molecule has 1 unspecified atom stereocenters. The predicted octanol–water partition coefficient (Wildman–Crippen LogP) is 1.77. The fourth-order valence-electron chi connectivity index (χ4n) is 3.45. The van der Waals surface area contributed by atoms with Crippen molar-refractivity contribution in [2.45, 2.75) is 25.9 Å². The molecule has 9 heteroatoms. The van der Waals surface area contributed by atoms with Crippen LogP contribution in [0.3, 0.4) is 0 Å². The Morgan fingerprint density at radius 3 is 2.67 bits per heavy atom. The first kappa shape index (κ1) is 21.8. The van der Waals surface area contributed by atoms with Crippen molar-refractivity contribution < 1.29 is 14.4 Å². The molecule has 4 N–H and O–H groups in total. The lowest BCUT2D eigenvalue weighted by molar-refractivity contribution is -0.148. The fourth-order valence-corrected chi connectivity index (χ4v) is 4.15. The van der Waals surface area contributed by atoms with Crippen LogP contribution >= 0.6 is 11.3 Å². The predicted molar refractivity (Wildman–Crippen MR) is 117 cm³/mol. The molecule has 30 heavy (non-hydrogen) atoms. The number of nitrogens with two attached hydrogens (primary N) is 1. The highest BCUT2D eigenvalue weighted by molar-refractivity contribution is 7.10. The van der Waals surface area contributed by atoms with Crippen molar-refractivity contribution in [1.29, 1.82) is 0 Å². The molecule has 0 radical (unpaired) electrons. The molecule has 1 fully saturated rings. The maximum atomic E-state index is 13.0. The standard InChI is InChI=1S/C21H27N5O3S/c1-15-5-2-6-16(13-15)24-21(29)26-11-4-10-25(20(26)19(28)23-9-8-22)18(27)14-17-7-3-12-30-17/h2-3,5-7,12-13,20H,4,8-11,14,22H2,1H3,(H,23,28)(H,24,29). The van der Waals surface area contributed by atoms with Gasteiger partial charge in [-0.15, -0.1) is 11.3 Å². The molecule has 2 heterocycles. The van der Waals surface area contributed by atoms with E-state index in [9.17, 15) is 14.4 Å². The van der Waals surface area contributed by atoms with Crippen molar-refractivity contribution in [1.82, 2.24) is 15.1 Å². The smallest absolute Gasteiger partial charge is 0.323 e. The summed E-state index contributed by atoms with van der Waals surface area (Å²) < 4.78 is 0. The molecule has 0 aliphatic carbocycles. The van der Waals surface area contributed by atoms with Crippen LogP contribution in [-0.2, 0) is 16.0 Å². The summed E-state index contributed by atoms with van der Waals surface area (Å²) in [5.74, 6) is -0.586. The maximum Gasteiger partial charge on any atom is 0.323 e. The maximum absolute atomic E-state index is 13.0. The molecule has 1 aliphatic heterocycles. The molecule has 1 aromatic carbocycles. The van der Waals surface area contributed by atoms with E-state index in [4.69, 9.17) is 5.73 Å². The van der Waals surface area contributed by atoms with E-state index < -0.39 is 18.1 Å². The Morgan fingerprint density at radius 2 is 1.97 bits per heavy atom. The summed E-state index contributed by atoms with van der Waals surface area (Å²) in [6.07, 6.45) is -0.216. The van der Waals surface area contributed by atoms with E-state index in [1.165, 1.54) is 21.1 Å². The number of nitrogens with one attached hydrogen (secondary N) is 2. The van der Waals surface area contributed by atoms with Crippen LogP contribution in [0.2, 0.25) is 0 Å². The number of benzene rings is 1. The number of aryl methyl sites for hydroxylation is 1. The number of anilines is 1. The minimum absolute atomic E-state index is 0.182. The Bertz CT molecular complexity index is 887. The number of thiophene rings is 1. The number of carbonyl (C=O) groups excluding carboxylic acids is 3. The Balaban J connectivity index is 1.81. The van der Waals surface area contributed by atoms with Crippen LogP contribution in [0.5, 0.6) is 0 Å². The Labute approximate surface area is 180 Å². The lowest BCUT2D eigenvalue weighted by Gasteiger charge is -2.42. The summed E-state index contributed by atoms with van der Waals surface area (Å²) in [4.78, 5) is 42.8.